The Labute approximate surface area is 169 Å². The molecule has 2 aromatic heterocycles. The van der Waals surface area contributed by atoms with Crippen LogP contribution in [-0.2, 0) is 4.74 Å². The molecule has 3 rings (SSSR count). The Morgan fingerprint density at radius 1 is 1.32 bits per heavy atom. The molecule has 2 aromatic rings. The lowest BCUT2D eigenvalue weighted by molar-refractivity contribution is 0.0492. The number of hydrogen-bond donors (Lipinski definition) is 3. The first-order chi connectivity index (χ1) is 13.2. The van der Waals surface area contributed by atoms with Crippen LogP contribution < -0.4 is 16.4 Å². The summed E-state index contributed by atoms with van der Waals surface area (Å²) in [6.45, 7) is 7.44. The number of carbonyl (C=O) groups is 1. The van der Waals surface area contributed by atoms with Crippen LogP contribution in [0.25, 0.3) is 10.7 Å². The number of hydrogen-bond acceptors (Lipinski definition) is 8. The largest absolute Gasteiger partial charge is 0.444 e. The van der Waals surface area contributed by atoms with Gasteiger partial charge in [-0.2, -0.15) is 4.37 Å². The van der Waals surface area contributed by atoms with E-state index in [4.69, 9.17) is 10.5 Å². The third-order valence-corrected chi connectivity index (χ3v) is 5.27. The van der Waals surface area contributed by atoms with E-state index in [1.165, 1.54) is 11.5 Å². The van der Waals surface area contributed by atoms with Crippen LogP contribution in [0.2, 0.25) is 0 Å². The van der Waals surface area contributed by atoms with E-state index < -0.39 is 5.60 Å². The van der Waals surface area contributed by atoms with E-state index >= 15 is 0 Å². The SMILES string of the molecule is Cc1nsc(-c2cc(N[C@@H]3CCC[C@H](NC(=O)OC(C)(C)C)C3)c(N)cn2)n1. The Kier molecular flexibility index (Phi) is 6.02. The van der Waals surface area contributed by atoms with Crippen molar-refractivity contribution in [3.8, 4) is 10.7 Å². The van der Waals surface area contributed by atoms with E-state index in [9.17, 15) is 4.79 Å². The van der Waals surface area contributed by atoms with Gasteiger partial charge in [-0.05, 0) is 71.0 Å². The highest BCUT2D eigenvalue weighted by molar-refractivity contribution is 7.09. The first-order valence-corrected chi connectivity index (χ1v) is 10.3. The molecule has 1 fully saturated rings. The van der Waals surface area contributed by atoms with Crippen molar-refractivity contribution in [3.05, 3.63) is 18.1 Å². The average Bonchev–Trinajstić information content (AvgIpc) is 3.02. The van der Waals surface area contributed by atoms with Gasteiger partial charge >= 0.3 is 6.09 Å². The second-order valence-electron chi connectivity index (χ2n) is 8.15. The van der Waals surface area contributed by atoms with E-state index in [1.54, 1.807) is 6.20 Å². The normalized spacial score (nSPS) is 19.9. The molecule has 1 aliphatic carbocycles. The third-order valence-electron chi connectivity index (χ3n) is 4.44. The molecule has 1 saturated carbocycles. The number of carbonyl (C=O) groups excluding carboxylic acids is 1. The van der Waals surface area contributed by atoms with Crippen LogP contribution in [0.1, 0.15) is 52.3 Å². The van der Waals surface area contributed by atoms with E-state index in [0.29, 0.717) is 5.69 Å². The highest BCUT2D eigenvalue weighted by atomic mass is 32.1. The van der Waals surface area contributed by atoms with Gasteiger partial charge in [0, 0.05) is 12.1 Å². The standard InChI is InChI=1S/C19H28N6O2S/c1-11-22-17(28-25-11)16-9-15(14(20)10-21-16)23-12-6-5-7-13(8-12)24-18(26)27-19(2,3)4/h9-10,12-13H,5-8,20H2,1-4H3,(H,21,23)(H,24,26)/t12-,13+/m1/s1. The van der Waals surface area contributed by atoms with Crippen LogP contribution >= 0.6 is 11.5 Å². The lowest BCUT2D eigenvalue weighted by atomic mass is 9.91. The van der Waals surface area contributed by atoms with Crippen molar-refractivity contribution in [2.75, 3.05) is 11.1 Å². The topological polar surface area (TPSA) is 115 Å². The van der Waals surface area contributed by atoms with Gasteiger partial charge in [-0.15, -0.1) is 0 Å². The van der Waals surface area contributed by atoms with Crippen molar-refractivity contribution in [1.82, 2.24) is 19.7 Å². The quantitative estimate of drug-likeness (QED) is 0.711. The summed E-state index contributed by atoms with van der Waals surface area (Å²) in [5, 5.41) is 7.27. The summed E-state index contributed by atoms with van der Waals surface area (Å²) in [4.78, 5) is 20.8. The maximum atomic E-state index is 12.1. The van der Waals surface area contributed by atoms with Crippen molar-refractivity contribution in [2.45, 2.75) is 71.1 Å². The minimum absolute atomic E-state index is 0.0782. The monoisotopic (exact) mass is 404 g/mol. The first-order valence-electron chi connectivity index (χ1n) is 9.52. The van der Waals surface area contributed by atoms with Crippen LogP contribution in [0.3, 0.4) is 0 Å². The summed E-state index contributed by atoms with van der Waals surface area (Å²) >= 11 is 1.32. The summed E-state index contributed by atoms with van der Waals surface area (Å²) in [5.41, 5.74) is 7.80. The zero-order valence-electron chi connectivity index (χ0n) is 16.8. The van der Waals surface area contributed by atoms with Crippen molar-refractivity contribution >= 4 is 29.0 Å². The van der Waals surface area contributed by atoms with Crippen molar-refractivity contribution in [1.29, 1.82) is 0 Å². The molecule has 0 radical (unpaired) electrons. The molecule has 1 aliphatic rings. The fourth-order valence-electron chi connectivity index (χ4n) is 3.26. The van der Waals surface area contributed by atoms with Gasteiger partial charge in [0.25, 0.3) is 0 Å². The Balaban J connectivity index is 1.64. The number of nitrogens with two attached hydrogens (primary N) is 1. The molecule has 8 nitrogen and oxygen atoms in total. The lowest BCUT2D eigenvalue weighted by Crippen LogP contribution is -2.43. The Morgan fingerprint density at radius 2 is 2.07 bits per heavy atom. The maximum Gasteiger partial charge on any atom is 0.407 e. The summed E-state index contributed by atoms with van der Waals surface area (Å²) in [6, 6.07) is 2.21. The predicted octanol–water partition coefficient (Wildman–Crippen LogP) is 3.74. The highest BCUT2D eigenvalue weighted by Gasteiger charge is 2.26. The molecule has 1 amide bonds. The second-order valence-corrected chi connectivity index (χ2v) is 8.91. The van der Waals surface area contributed by atoms with E-state index in [-0.39, 0.29) is 18.2 Å². The molecule has 0 bridgehead atoms. The smallest absolute Gasteiger partial charge is 0.407 e. The van der Waals surface area contributed by atoms with Gasteiger partial charge in [0.2, 0.25) is 0 Å². The van der Waals surface area contributed by atoms with E-state index in [0.717, 1.165) is 47.9 Å². The zero-order chi connectivity index (χ0) is 20.3. The molecule has 152 valence electrons. The molecule has 28 heavy (non-hydrogen) atoms. The van der Waals surface area contributed by atoms with Crippen molar-refractivity contribution in [2.24, 2.45) is 0 Å². The van der Waals surface area contributed by atoms with Gasteiger partial charge < -0.3 is 21.1 Å². The number of aryl methyl sites for hydroxylation is 1. The van der Waals surface area contributed by atoms with Gasteiger partial charge in [0.1, 0.15) is 17.1 Å². The number of nitrogens with zero attached hydrogens (tertiary/aromatic N) is 3. The molecule has 4 N–H and O–H groups in total. The fourth-order valence-corrected chi connectivity index (χ4v) is 3.89. The number of anilines is 2. The Morgan fingerprint density at radius 3 is 2.75 bits per heavy atom. The number of amides is 1. The second kappa shape index (κ2) is 8.30. The molecule has 0 saturated heterocycles. The lowest BCUT2D eigenvalue weighted by Gasteiger charge is -2.32. The van der Waals surface area contributed by atoms with Crippen molar-refractivity contribution < 1.29 is 9.53 Å². The van der Waals surface area contributed by atoms with Crippen LogP contribution in [0.15, 0.2) is 12.3 Å². The van der Waals surface area contributed by atoms with Gasteiger partial charge in [0.05, 0.1) is 17.6 Å². The van der Waals surface area contributed by atoms with E-state index in [2.05, 4.69) is 25.0 Å². The molecular formula is C19H28N6O2S. The van der Waals surface area contributed by atoms with Gasteiger partial charge in [-0.25, -0.2) is 9.78 Å². The summed E-state index contributed by atoms with van der Waals surface area (Å²) in [6.07, 6.45) is 5.07. The molecule has 0 spiro atoms. The number of rotatable bonds is 4. The summed E-state index contributed by atoms with van der Waals surface area (Å²) < 4.78 is 9.58. The molecule has 0 aliphatic heterocycles. The molecule has 2 atom stereocenters. The molecule has 0 aromatic carbocycles. The van der Waals surface area contributed by atoms with Crippen LogP contribution in [-0.4, -0.2) is 38.1 Å². The molecule has 2 heterocycles. The summed E-state index contributed by atoms with van der Waals surface area (Å²) in [7, 11) is 0. The Hall–Kier alpha value is -2.42. The van der Waals surface area contributed by atoms with E-state index in [1.807, 2.05) is 33.8 Å². The molecular weight excluding hydrogens is 376 g/mol. The van der Waals surface area contributed by atoms with Crippen LogP contribution in [0, 0.1) is 6.92 Å². The molecule has 9 heteroatoms. The predicted molar refractivity (Wildman–Crippen MR) is 111 cm³/mol. The number of ether oxygens (including phenoxy) is 1. The maximum absolute atomic E-state index is 12.1. The number of aromatic nitrogens is 3. The minimum atomic E-state index is -0.499. The zero-order valence-corrected chi connectivity index (χ0v) is 17.6. The average molecular weight is 405 g/mol. The van der Waals surface area contributed by atoms with Gasteiger partial charge in [-0.1, -0.05) is 0 Å². The number of nitrogen functional groups attached to an aromatic ring is 1. The number of nitrogens with one attached hydrogen (secondary N) is 2. The number of alkyl carbamates (subject to hydrolysis) is 1. The first kappa shape index (κ1) is 20.3. The highest BCUT2D eigenvalue weighted by Crippen LogP contribution is 2.29. The van der Waals surface area contributed by atoms with Crippen LogP contribution in [0.4, 0.5) is 16.2 Å². The molecule has 0 unspecified atom stereocenters. The fraction of sp³-hybridized carbons (Fsp3) is 0.579. The van der Waals surface area contributed by atoms with Gasteiger partial charge in [-0.3, -0.25) is 4.98 Å². The van der Waals surface area contributed by atoms with Crippen molar-refractivity contribution in [3.63, 3.8) is 0 Å². The minimum Gasteiger partial charge on any atom is -0.444 e. The summed E-state index contributed by atoms with van der Waals surface area (Å²) in [5.74, 6) is 0.733. The Bertz CT molecular complexity index is 832. The number of pyridine rings is 1. The van der Waals surface area contributed by atoms with Crippen LogP contribution in [0.5, 0.6) is 0 Å². The van der Waals surface area contributed by atoms with Gasteiger partial charge in [0.15, 0.2) is 5.01 Å². The third kappa shape index (κ3) is 5.54.